The summed E-state index contributed by atoms with van der Waals surface area (Å²) in [7, 11) is 1.73. The normalized spacial score (nSPS) is 15.2. The Balaban J connectivity index is 1.75. The summed E-state index contributed by atoms with van der Waals surface area (Å²) in [5.74, 6) is -0.135. The fourth-order valence-corrected chi connectivity index (χ4v) is 4.85. The highest BCUT2D eigenvalue weighted by atomic mass is 79.9. The van der Waals surface area contributed by atoms with Crippen LogP contribution in [0.3, 0.4) is 0 Å². The van der Waals surface area contributed by atoms with Crippen LogP contribution in [0.5, 0.6) is 0 Å². The van der Waals surface area contributed by atoms with Crippen molar-refractivity contribution in [2.24, 2.45) is 0 Å². The Labute approximate surface area is 181 Å². The van der Waals surface area contributed by atoms with Gasteiger partial charge in [0.15, 0.2) is 0 Å². The first-order valence-corrected chi connectivity index (χ1v) is 10.9. The summed E-state index contributed by atoms with van der Waals surface area (Å²) in [6.45, 7) is 6.07. The lowest BCUT2D eigenvalue weighted by molar-refractivity contribution is -0.138. The Bertz CT molecular complexity index is 892. The molecule has 1 aliphatic rings. The minimum absolute atomic E-state index is 0.0322. The van der Waals surface area contributed by atoms with Crippen LogP contribution in [-0.2, 0) is 15.0 Å². The third kappa shape index (κ3) is 4.55. The van der Waals surface area contributed by atoms with E-state index in [-0.39, 0.29) is 18.4 Å². The lowest BCUT2D eigenvalue weighted by atomic mass is 9.77. The molecule has 0 spiro atoms. The minimum Gasteiger partial charge on any atom is -0.336 e. The van der Waals surface area contributed by atoms with Gasteiger partial charge in [-0.15, -0.1) is 0 Å². The maximum absolute atomic E-state index is 13.5. The maximum atomic E-state index is 13.5. The second-order valence-corrected chi connectivity index (χ2v) is 9.19. The number of likely N-dealkylation sites (N-methyl/N-ethyl adjacent to an activating group) is 1. The number of carbonyl (C=O) groups is 2. The molecule has 3 rings (SSSR count). The number of hydrogen-bond donors (Lipinski definition) is 1. The molecule has 1 fully saturated rings. The molecule has 0 bridgehead atoms. The monoisotopic (exact) mass is 456 g/mol. The van der Waals surface area contributed by atoms with Gasteiger partial charge < -0.3 is 10.2 Å². The van der Waals surface area contributed by atoms with Crippen LogP contribution >= 0.6 is 15.9 Å². The van der Waals surface area contributed by atoms with Crippen LogP contribution in [0.2, 0.25) is 0 Å². The number of aryl methyl sites for hydroxylation is 3. The van der Waals surface area contributed by atoms with Crippen molar-refractivity contribution in [2.45, 2.75) is 51.9 Å². The van der Waals surface area contributed by atoms with Gasteiger partial charge in [0.05, 0.1) is 12.0 Å². The van der Waals surface area contributed by atoms with E-state index >= 15 is 0 Å². The summed E-state index contributed by atoms with van der Waals surface area (Å²) in [5.41, 5.74) is 4.60. The molecule has 1 saturated carbocycles. The maximum Gasteiger partial charge on any atom is 0.243 e. The molecule has 2 amide bonds. The number of rotatable bonds is 5. The van der Waals surface area contributed by atoms with E-state index in [2.05, 4.69) is 33.4 Å². The SMILES string of the molecule is Cc1cc(C)c(NC(=O)CN(C)C(=O)C2(c3ccc(Br)cc3)CCCC2)c(C)c1. The van der Waals surface area contributed by atoms with E-state index in [0.717, 1.165) is 52.5 Å². The molecule has 2 aromatic rings. The molecule has 29 heavy (non-hydrogen) atoms. The van der Waals surface area contributed by atoms with Crippen molar-refractivity contribution in [2.75, 3.05) is 18.9 Å². The molecule has 0 heterocycles. The zero-order valence-electron chi connectivity index (χ0n) is 17.6. The van der Waals surface area contributed by atoms with E-state index in [4.69, 9.17) is 0 Å². The average molecular weight is 457 g/mol. The minimum atomic E-state index is -0.522. The molecule has 0 radical (unpaired) electrons. The number of carbonyl (C=O) groups excluding carboxylic acids is 2. The predicted octanol–water partition coefficient (Wildman–Crippen LogP) is 5.28. The van der Waals surface area contributed by atoms with Gasteiger partial charge in [0.2, 0.25) is 11.8 Å². The largest absolute Gasteiger partial charge is 0.336 e. The van der Waals surface area contributed by atoms with Crippen molar-refractivity contribution in [3.05, 3.63) is 63.1 Å². The predicted molar refractivity (Wildman–Crippen MR) is 121 cm³/mol. The highest BCUT2D eigenvalue weighted by molar-refractivity contribution is 9.10. The van der Waals surface area contributed by atoms with Crippen LogP contribution in [0, 0.1) is 20.8 Å². The summed E-state index contributed by atoms with van der Waals surface area (Å²) >= 11 is 3.47. The molecular formula is C24H29BrN2O2. The van der Waals surface area contributed by atoms with Crippen molar-refractivity contribution in [1.82, 2.24) is 4.90 Å². The van der Waals surface area contributed by atoms with Gasteiger partial charge in [-0.3, -0.25) is 9.59 Å². The molecule has 1 N–H and O–H groups in total. The quantitative estimate of drug-likeness (QED) is 0.664. The zero-order valence-corrected chi connectivity index (χ0v) is 19.2. The average Bonchev–Trinajstić information content (AvgIpc) is 3.15. The first kappa shape index (κ1) is 21.6. The van der Waals surface area contributed by atoms with E-state index in [1.165, 1.54) is 5.56 Å². The van der Waals surface area contributed by atoms with Crippen molar-refractivity contribution in [3.63, 3.8) is 0 Å². The van der Waals surface area contributed by atoms with Gasteiger partial charge in [0, 0.05) is 17.2 Å². The lowest BCUT2D eigenvalue weighted by Gasteiger charge is -2.33. The molecule has 0 aromatic heterocycles. The van der Waals surface area contributed by atoms with Crippen LogP contribution in [0.4, 0.5) is 5.69 Å². The smallest absolute Gasteiger partial charge is 0.243 e. The zero-order chi connectivity index (χ0) is 21.2. The van der Waals surface area contributed by atoms with Gasteiger partial charge in [-0.25, -0.2) is 0 Å². The van der Waals surface area contributed by atoms with Gasteiger partial charge in [0.25, 0.3) is 0 Å². The second-order valence-electron chi connectivity index (χ2n) is 8.28. The van der Waals surface area contributed by atoms with Crippen LogP contribution < -0.4 is 5.32 Å². The fourth-order valence-electron chi connectivity index (χ4n) is 4.58. The second kappa shape index (κ2) is 8.70. The molecule has 154 valence electrons. The Morgan fingerprint density at radius 3 is 2.14 bits per heavy atom. The Kier molecular flexibility index (Phi) is 6.47. The summed E-state index contributed by atoms with van der Waals surface area (Å²) < 4.78 is 0.999. The lowest BCUT2D eigenvalue weighted by Crippen LogP contribution is -2.46. The van der Waals surface area contributed by atoms with E-state index < -0.39 is 5.41 Å². The van der Waals surface area contributed by atoms with E-state index in [0.29, 0.717) is 0 Å². The summed E-state index contributed by atoms with van der Waals surface area (Å²) in [6, 6.07) is 12.1. The molecule has 0 unspecified atom stereocenters. The van der Waals surface area contributed by atoms with Gasteiger partial charge in [0.1, 0.15) is 0 Å². The first-order chi connectivity index (χ1) is 13.7. The van der Waals surface area contributed by atoms with Crippen LogP contribution in [0.1, 0.15) is 47.9 Å². The number of benzene rings is 2. The topological polar surface area (TPSA) is 49.4 Å². The molecule has 4 nitrogen and oxygen atoms in total. The molecule has 1 aliphatic carbocycles. The third-order valence-electron chi connectivity index (χ3n) is 5.93. The van der Waals surface area contributed by atoms with E-state index in [9.17, 15) is 9.59 Å². The van der Waals surface area contributed by atoms with E-state index in [1.54, 1.807) is 11.9 Å². The van der Waals surface area contributed by atoms with Crippen LogP contribution in [0.15, 0.2) is 40.9 Å². The Morgan fingerprint density at radius 2 is 1.59 bits per heavy atom. The van der Waals surface area contributed by atoms with Crippen molar-refractivity contribution in [1.29, 1.82) is 0 Å². The number of amides is 2. The Hall–Kier alpha value is -2.14. The molecule has 5 heteroatoms. The van der Waals surface area contributed by atoms with E-state index in [1.807, 2.05) is 45.0 Å². The molecule has 0 saturated heterocycles. The van der Waals surface area contributed by atoms with Gasteiger partial charge in [-0.05, 0) is 62.4 Å². The number of nitrogens with one attached hydrogen (secondary N) is 1. The Morgan fingerprint density at radius 1 is 1.03 bits per heavy atom. The summed E-state index contributed by atoms with van der Waals surface area (Å²) in [5, 5.41) is 3.00. The molecule has 2 aromatic carbocycles. The van der Waals surface area contributed by atoms with Gasteiger partial charge in [-0.1, -0.05) is 58.6 Å². The summed E-state index contributed by atoms with van der Waals surface area (Å²) in [4.78, 5) is 27.7. The van der Waals surface area contributed by atoms with Gasteiger partial charge in [-0.2, -0.15) is 0 Å². The number of nitrogens with zero attached hydrogens (tertiary/aromatic N) is 1. The molecular weight excluding hydrogens is 428 g/mol. The van der Waals surface area contributed by atoms with Crippen LogP contribution in [0.25, 0.3) is 0 Å². The highest BCUT2D eigenvalue weighted by Crippen LogP contribution is 2.42. The number of anilines is 1. The molecule has 0 aliphatic heterocycles. The van der Waals surface area contributed by atoms with Gasteiger partial charge >= 0.3 is 0 Å². The first-order valence-electron chi connectivity index (χ1n) is 10.1. The highest BCUT2D eigenvalue weighted by Gasteiger charge is 2.44. The van der Waals surface area contributed by atoms with Crippen molar-refractivity contribution >= 4 is 33.4 Å². The van der Waals surface area contributed by atoms with Crippen molar-refractivity contribution < 1.29 is 9.59 Å². The fraction of sp³-hybridized carbons (Fsp3) is 0.417. The third-order valence-corrected chi connectivity index (χ3v) is 6.46. The number of halogens is 1. The summed E-state index contributed by atoms with van der Waals surface area (Å²) in [6.07, 6.45) is 3.72. The van der Waals surface area contributed by atoms with Crippen LogP contribution in [-0.4, -0.2) is 30.3 Å². The standard InChI is InChI=1S/C24H29BrN2O2/c1-16-13-17(2)22(18(3)14-16)26-21(28)15-27(4)23(29)24(11-5-6-12-24)19-7-9-20(25)10-8-19/h7-10,13-14H,5-6,11-12,15H2,1-4H3,(H,26,28). The van der Waals surface area contributed by atoms with Crippen molar-refractivity contribution in [3.8, 4) is 0 Å². The number of hydrogen-bond acceptors (Lipinski definition) is 2. The molecule has 0 atom stereocenters.